The maximum absolute atomic E-state index is 13.1. The highest BCUT2D eigenvalue weighted by molar-refractivity contribution is 7.87. The second-order valence-corrected chi connectivity index (χ2v) is 13.7. The van der Waals surface area contributed by atoms with Gasteiger partial charge in [0.25, 0.3) is 30.4 Å². The molecular weight excluding hydrogens is 552 g/mol. The van der Waals surface area contributed by atoms with Gasteiger partial charge < -0.3 is 0 Å². The molecule has 0 N–H and O–H groups in total. The van der Waals surface area contributed by atoms with Gasteiger partial charge in [-0.1, -0.05) is 53.1 Å². The largest absolute Gasteiger partial charge is 0.297 e. The summed E-state index contributed by atoms with van der Waals surface area (Å²) in [6, 6.07) is 17.5. The second kappa shape index (κ2) is 11.6. The fraction of sp³-hybridized carbons (Fsp3) is 0.308. The zero-order chi connectivity index (χ0) is 28.3. The monoisotopic (exact) mass is 582 g/mol. The van der Waals surface area contributed by atoms with Crippen LogP contribution >= 0.6 is 0 Å². The van der Waals surface area contributed by atoms with Gasteiger partial charge in [0, 0.05) is 0 Å². The van der Waals surface area contributed by atoms with Crippen LogP contribution in [0.5, 0.6) is 0 Å². The first-order chi connectivity index (χ1) is 17.6. The molecule has 0 aliphatic heterocycles. The van der Waals surface area contributed by atoms with Crippen LogP contribution in [0.25, 0.3) is 0 Å². The summed E-state index contributed by atoms with van der Waals surface area (Å²) < 4.78 is 93.7. The van der Waals surface area contributed by atoms with E-state index in [9.17, 15) is 25.3 Å². The van der Waals surface area contributed by atoms with Gasteiger partial charge in [0.05, 0.1) is 14.7 Å². The Morgan fingerprint density at radius 1 is 0.447 bits per heavy atom. The molecule has 0 saturated heterocycles. The van der Waals surface area contributed by atoms with Crippen LogP contribution in [0.3, 0.4) is 0 Å². The summed E-state index contributed by atoms with van der Waals surface area (Å²) in [5.74, 6) is 0. The Hall–Kier alpha value is -2.61. The zero-order valence-electron chi connectivity index (χ0n) is 21.6. The Labute approximate surface area is 224 Å². The Bertz CT molecular complexity index is 1480. The van der Waals surface area contributed by atoms with E-state index in [0.29, 0.717) is 0 Å². The molecule has 0 aliphatic carbocycles. The van der Waals surface area contributed by atoms with E-state index in [4.69, 9.17) is 12.5 Å². The van der Waals surface area contributed by atoms with Crippen LogP contribution in [0.1, 0.15) is 30.5 Å². The molecule has 206 valence electrons. The highest BCUT2D eigenvalue weighted by Crippen LogP contribution is 2.26. The molecule has 0 fully saturated rings. The van der Waals surface area contributed by atoms with E-state index in [0.717, 1.165) is 16.7 Å². The summed E-state index contributed by atoms with van der Waals surface area (Å²) in [7, 11) is -13.2. The Kier molecular flexibility index (Phi) is 9.17. The maximum Gasteiger partial charge on any atom is 0.297 e. The minimum atomic E-state index is -4.47. The van der Waals surface area contributed by atoms with Crippen molar-refractivity contribution in [1.82, 2.24) is 0 Å². The van der Waals surface area contributed by atoms with Crippen molar-refractivity contribution >= 4 is 30.4 Å². The van der Waals surface area contributed by atoms with E-state index in [1.807, 2.05) is 0 Å². The van der Waals surface area contributed by atoms with Crippen molar-refractivity contribution < 1.29 is 37.8 Å². The van der Waals surface area contributed by atoms with Crippen molar-refractivity contribution in [2.45, 2.75) is 67.6 Å². The molecular formula is C26H30O9S3. The van der Waals surface area contributed by atoms with Crippen LogP contribution in [0, 0.1) is 20.8 Å². The van der Waals surface area contributed by atoms with Gasteiger partial charge >= 0.3 is 0 Å². The average molecular weight is 583 g/mol. The van der Waals surface area contributed by atoms with Gasteiger partial charge in [0.15, 0.2) is 0 Å². The van der Waals surface area contributed by atoms with E-state index >= 15 is 0 Å². The number of aryl methyl sites for hydroxylation is 3. The van der Waals surface area contributed by atoms with Crippen molar-refractivity contribution in [2.75, 3.05) is 0 Å². The first kappa shape index (κ1) is 29.9. The first-order valence-corrected chi connectivity index (χ1v) is 15.8. The molecule has 0 aliphatic rings. The molecule has 0 aromatic heterocycles. The van der Waals surface area contributed by atoms with E-state index in [1.165, 1.54) is 50.2 Å². The minimum Gasteiger partial charge on any atom is -0.260 e. The summed E-state index contributed by atoms with van der Waals surface area (Å²) in [5.41, 5.74) is 2.46. The predicted molar refractivity (Wildman–Crippen MR) is 141 cm³/mol. The van der Waals surface area contributed by atoms with Crippen LogP contribution < -0.4 is 0 Å². The number of rotatable bonds is 11. The standard InChI is InChI=1S/C26H30O9S3/c1-18-6-12-23(13-7-18)36(27,28)33-21(4)26(35-38(31,32)25-16-10-20(3)11-17-25)22(5)34-37(29,30)24-14-8-19(2)9-15-24/h6-17,21-22,26H,1-5H3. The third kappa shape index (κ3) is 7.49. The lowest BCUT2D eigenvalue weighted by molar-refractivity contribution is 0.00149. The summed E-state index contributed by atoms with van der Waals surface area (Å²) in [6.45, 7) is 7.87. The molecule has 0 spiro atoms. The molecule has 2 unspecified atom stereocenters. The SMILES string of the molecule is Cc1ccc(S(=O)(=O)OC(C)C(OS(=O)(=O)c2ccc(C)cc2)C(C)OS(=O)(=O)c2ccc(C)cc2)cc1. The molecule has 0 amide bonds. The average Bonchev–Trinajstić information content (AvgIpc) is 2.82. The number of hydrogen-bond acceptors (Lipinski definition) is 9. The van der Waals surface area contributed by atoms with Gasteiger partial charge in [-0.05, 0) is 71.0 Å². The Morgan fingerprint density at radius 2 is 0.684 bits per heavy atom. The predicted octanol–water partition coefficient (Wildman–Crippen LogP) is 4.27. The fourth-order valence-electron chi connectivity index (χ4n) is 3.48. The third-order valence-corrected chi connectivity index (χ3v) is 9.79. The number of hydrogen-bond donors (Lipinski definition) is 0. The van der Waals surface area contributed by atoms with Crippen LogP contribution in [-0.4, -0.2) is 43.6 Å². The molecule has 0 saturated carbocycles. The maximum atomic E-state index is 13.1. The molecule has 0 radical (unpaired) electrons. The molecule has 38 heavy (non-hydrogen) atoms. The van der Waals surface area contributed by atoms with Gasteiger partial charge in [0.2, 0.25) is 0 Å². The molecule has 2 atom stereocenters. The molecule has 3 rings (SSSR count). The number of benzene rings is 3. The highest BCUT2D eigenvalue weighted by Gasteiger charge is 2.37. The fourth-order valence-corrected chi connectivity index (χ4v) is 6.84. The molecule has 0 bridgehead atoms. The van der Waals surface area contributed by atoms with Crippen molar-refractivity contribution in [2.24, 2.45) is 0 Å². The van der Waals surface area contributed by atoms with Crippen molar-refractivity contribution in [3.8, 4) is 0 Å². The van der Waals surface area contributed by atoms with Gasteiger partial charge in [-0.2, -0.15) is 25.3 Å². The van der Waals surface area contributed by atoms with E-state index in [2.05, 4.69) is 0 Å². The summed E-state index contributed by atoms with van der Waals surface area (Å²) in [6.07, 6.45) is -4.60. The van der Waals surface area contributed by atoms with Crippen LogP contribution in [-0.2, 0) is 42.9 Å². The van der Waals surface area contributed by atoms with Crippen molar-refractivity contribution in [3.05, 3.63) is 89.5 Å². The summed E-state index contributed by atoms with van der Waals surface area (Å²) in [4.78, 5) is -0.512. The van der Waals surface area contributed by atoms with Crippen LogP contribution in [0.15, 0.2) is 87.5 Å². The topological polar surface area (TPSA) is 130 Å². The van der Waals surface area contributed by atoms with Gasteiger partial charge in [-0.3, -0.25) is 12.5 Å². The second-order valence-electron chi connectivity index (χ2n) is 8.97. The molecule has 12 heteroatoms. The third-order valence-electron chi connectivity index (χ3n) is 5.65. The lowest BCUT2D eigenvalue weighted by Crippen LogP contribution is -2.42. The summed E-state index contributed by atoms with van der Waals surface area (Å²) >= 11 is 0. The van der Waals surface area contributed by atoms with Gasteiger partial charge in [-0.25, -0.2) is 0 Å². The van der Waals surface area contributed by atoms with Crippen molar-refractivity contribution in [1.29, 1.82) is 0 Å². The first-order valence-electron chi connectivity index (χ1n) is 11.6. The Balaban J connectivity index is 1.95. The van der Waals surface area contributed by atoms with E-state index in [1.54, 1.807) is 57.2 Å². The van der Waals surface area contributed by atoms with Crippen molar-refractivity contribution in [3.63, 3.8) is 0 Å². The smallest absolute Gasteiger partial charge is 0.260 e. The van der Waals surface area contributed by atoms with Crippen LogP contribution in [0.4, 0.5) is 0 Å². The molecule has 0 heterocycles. The van der Waals surface area contributed by atoms with Gasteiger partial charge in [-0.15, -0.1) is 0 Å². The molecule has 3 aromatic carbocycles. The zero-order valence-corrected chi connectivity index (χ0v) is 24.0. The highest BCUT2D eigenvalue weighted by atomic mass is 32.2. The lowest BCUT2D eigenvalue weighted by atomic mass is 10.1. The normalized spacial score (nSPS) is 15.1. The van der Waals surface area contributed by atoms with E-state index in [-0.39, 0.29) is 14.7 Å². The Morgan fingerprint density at radius 3 is 0.947 bits per heavy atom. The van der Waals surface area contributed by atoms with Gasteiger partial charge in [0.1, 0.15) is 18.3 Å². The quantitative estimate of drug-likeness (QED) is 0.304. The lowest BCUT2D eigenvalue weighted by Gasteiger charge is -2.28. The summed E-state index contributed by atoms with van der Waals surface area (Å²) in [5, 5.41) is 0. The molecule has 3 aromatic rings. The van der Waals surface area contributed by atoms with E-state index < -0.39 is 48.7 Å². The van der Waals surface area contributed by atoms with Crippen LogP contribution in [0.2, 0.25) is 0 Å². The molecule has 9 nitrogen and oxygen atoms in total. The minimum absolute atomic E-state index is 0.157.